The van der Waals surface area contributed by atoms with Crippen LogP contribution in [-0.2, 0) is 4.74 Å². The van der Waals surface area contributed by atoms with E-state index < -0.39 is 11.9 Å². The average Bonchev–Trinajstić information content (AvgIpc) is 2.99. The van der Waals surface area contributed by atoms with Crippen LogP contribution in [0.3, 0.4) is 0 Å². The largest absolute Gasteiger partial charge is 0.393 e. The summed E-state index contributed by atoms with van der Waals surface area (Å²) in [6, 6.07) is 4.53. The van der Waals surface area contributed by atoms with Crippen molar-refractivity contribution in [1.29, 1.82) is 0 Å². The van der Waals surface area contributed by atoms with Crippen molar-refractivity contribution in [3.8, 4) is 0 Å². The molecule has 4 nitrogen and oxygen atoms in total. The molecule has 1 N–H and O–H groups in total. The molecule has 120 valence electrons. The van der Waals surface area contributed by atoms with Gasteiger partial charge in [-0.1, -0.05) is 11.6 Å². The van der Waals surface area contributed by atoms with Crippen LogP contribution >= 0.6 is 0 Å². The molecule has 0 aromatic heterocycles. The molecule has 22 heavy (non-hydrogen) atoms. The molecule has 2 saturated heterocycles. The van der Waals surface area contributed by atoms with Gasteiger partial charge in [-0.25, -0.2) is 4.39 Å². The SMILES string of the molecule is Cc1ccc(F)c(C(=O)N2CCCC2C2COCCC2O)c1. The molecule has 1 aromatic carbocycles. The van der Waals surface area contributed by atoms with E-state index in [-0.39, 0.29) is 23.4 Å². The molecule has 5 heteroatoms. The van der Waals surface area contributed by atoms with Crippen LogP contribution in [0.25, 0.3) is 0 Å². The Morgan fingerprint density at radius 1 is 1.41 bits per heavy atom. The fraction of sp³-hybridized carbons (Fsp3) is 0.588. The van der Waals surface area contributed by atoms with Gasteiger partial charge in [-0.15, -0.1) is 0 Å². The van der Waals surface area contributed by atoms with Crippen molar-refractivity contribution in [3.63, 3.8) is 0 Å². The number of carbonyl (C=O) groups is 1. The summed E-state index contributed by atoms with van der Waals surface area (Å²) in [6.45, 7) is 3.48. The van der Waals surface area contributed by atoms with Crippen molar-refractivity contribution in [2.24, 2.45) is 5.92 Å². The van der Waals surface area contributed by atoms with Gasteiger partial charge < -0.3 is 14.7 Å². The topological polar surface area (TPSA) is 49.8 Å². The maximum atomic E-state index is 14.0. The standard InChI is InChI=1S/C17H22FNO3/c1-11-4-5-14(18)12(9-11)17(21)19-7-2-3-15(19)13-10-22-8-6-16(13)20/h4-5,9,13,15-16,20H,2-3,6-8,10H2,1H3. The Hall–Kier alpha value is -1.46. The number of carbonyl (C=O) groups excluding carboxylic acids is 1. The Kier molecular flexibility index (Phi) is 4.45. The molecule has 3 atom stereocenters. The highest BCUT2D eigenvalue weighted by atomic mass is 19.1. The third kappa shape index (κ3) is 2.88. The molecule has 3 rings (SSSR count). The summed E-state index contributed by atoms with van der Waals surface area (Å²) in [6.07, 6.45) is 1.87. The van der Waals surface area contributed by atoms with Gasteiger partial charge in [-0.3, -0.25) is 4.79 Å². The first-order valence-electron chi connectivity index (χ1n) is 7.91. The van der Waals surface area contributed by atoms with E-state index in [9.17, 15) is 14.3 Å². The highest BCUT2D eigenvalue weighted by molar-refractivity contribution is 5.95. The number of likely N-dealkylation sites (tertiary alicyclic amines) is 1. The number of benzene rings is 1. The molecule has 1 amide bonds. The molecule has 3 unspecified atom stereocenters. The predicted molar refractivity (Wildman–Crippen MR) is 80.1 cm³/mol. The number of ether oxygens (including phenoxy) is 1. The predicted octanol–water partition coefficient (Wildman–Crippen LogP) is 2.14. The van der Waals surface area contributed by atoms with Crippen LogP contribution in [0.15, 0.2) is 18.2 Å². The Balaban J connectivity index is 1.83. The lowest BCUT2D eigenvalue weighted by Crippen LogP contribution is -2.48. The second-order valence-electron chi connectivity index (χ2n) is 6.29. The molecule has 2 aliphatic rings. The summed E-state index contributed by atoms with van der Waals surface area (Å²) in [4.78, 5) is 14.5. The smallest absolute Gasteiger partial charge is 0.257 e. The van der Waals surface area contributed by atoms with Gasteiger partial charge in [0.05, 0.1) is 18.3 Å². The third-order valence-electron chi connectivity index (χ3n) is 4.77. The van der Waals surface area contributed by atoms with Gasteiger partial charge >= 0.3 is 0 Å². The number of aryl methyl sites for hydroxylation is 1. The Bertz CT molecular complexity index is 563. The highest BCUT2D eigenvalue weighted by Crippen LogP contribution is 2.31. The normalized spacial score (nSPS) is 28.9. The summed E-state index contributed by atoms with van der Waals surface area (Å²) in [5.41, 5.74) is 0.986. The number of aliphatic hydroxyl groups is 1. The van der Waals surface area contributed by atoms with Crippen LogP contribution in [0.5, 0.6) is 0 Å². The van der Waals surface area contributed by atoms with Gasteiger partial charge in [0, 0.05) is 25.1 Å². The monoisotopic (exact) mass is 307 g/mol. The van der Waals surface area contributed by atoms with Gasteiger partial charge in [0.1, 0.15) is 5.82 Å². The molecule has 2 aliphatic heterocycles. The Morgan fingerprint density at radius 2 is 2.23 bits per heavy atom. The molecule has 0 radical (unpaired) electrons. The van der Waals surface area contributed by atoms with E-state index in [0.29, 0.717) is 26.2 Å². The summed E-state index contributed by atoms with van der Waals surface area (Å²) < 4.78 is 19.5. The van der Waals surface area contributed by atoms with Crippen LogP contribution in [0.1, 0.15) is 35.2 Å². The van der Waals surface area contributed by atoms with E-state index in [1.165, 1.54) is 6.07 Å². The molecule has 1 aromatic rings. The number of rotatable bonds is 2. The van der Waals surface area contributed by atoms with Crippen LogP contribution in [0.4, 0.5) is 4.39 Å². The first-order valence-corrected chi connectivity index (χ1v) is 7.91. The third-order valence-corrected chi connectivity index (χ3v) is 4.77. The van der Waals surface area contributed by atoms with Gasteiger partial charge in [-0.05, 0) is 38.3 Å². The lowest BCUT2D eigenvalue weighted by atomic mass is 9.89. The highest BCUT2D eigenvalue weighted by Gasteiger charge is 2.40. The Morgan fingerprint density at radius 3 is 3.00 bits per heavy atom. The summed E-state index contributed by atoms with van der Waals surface area (Å²) in [7, 11) is 0. The first kappa shape index (κ1) is 15.4. The van der Waals surface area contributed by atoms with Gasteiger partial charge in [0.2, 0.25) is 0 Å². The number of aliphatic hydroxyl groups excluding tert-OH is 1. The maximum absolute atomic E-state index is 14.0. The molecule has 0 spiro atoms. The van der Waals surface area contributed by atoms with Crippen LogP contribution in [-0.4, -0.2) is 47.8 Å². The first-order chi connectivity index (χ1) is 10.6. The van der Waals surface area contributed by atoms with Crippen molar-refractivity contribution >= 4 is 5.91 Å². The second kappa shape index (κ2) is 6.34. The fourth-order valence-corrected chi connectivity index (χ4v) is 3.56. The zero-order chi connectivity index (χ0) is 15.7. The molecule has 2 fully saturated rings. The zero-order valence-corrected chi connectivity index (χ0v) is 12.8. The minimum atomic E-state index is -0.485. The number of halogens is 1. The number of nitrogens with zero attached hydrogens (tertiary/aromatic N) is 1. The Labute approximate surface area is 129 Å². The molecule has 0 aliphatic carbocycles. The van der Waals surface area contributed by atoms with Gasteiger partial charge in [-0.2, -0.15) is 0 Å². The fourth-order valence-electron chi connectivity index (χ4n) is 3.56. The van der Waals surface area contributed by atoms with Crippen LogP contribution in [0.2, 0.25) is 0 Å². The quantitative estimate of drug-likeness (QED) is 0.910. The molecule has 0 bridgehead atoms. The van der Waals surface area contributed by atoms with E-state index >= 15 is 0 Å². The summed E-state index contributed by atoms with van der Waals surface area (Å²) in [5.74, 6) is -0.837. The van der Waals surface area contributed by atoms with Crippen molar-refractivity contribution in [2.45, 2.75) is 38.3 Å². The van der Waals surface area contributed by atoms with E-state index in [1.807, 2.05) is 6.92 Å². The minimum absolute atomic E-state index is 0.0669. The van der Waals surface area contributed by atoms with Crippen LogP contribution in [0, 0.1) is 18.7 Å². The molecule has 2 heterocycles. The van der Waals surface area contributed by atoms with Gasteiger partial charge in [0.15, 0.2) is 0 Å². The van der Waals surface area contributed by atoms with Gasteiger partial charge in [0.25, 0.3) is 5.91 Å². The summed E-state index contributed by atoms with van der Waals surface area (Å²) in [5, 5.41) is 10.2. The van der Waals surface area contributed by atoms with Crippen molar-refractivity contribution < 1.29 is 19.0 Å². The van der Waals surface area contributed by atoms with Crippen molar-refractivity contribution in [3.05, 3.63) is 35.1 Å². The minimum Gasteiger partial charge on any atom is -0.393 e. The molecular weight excluding hydrogens is 285 g/mol. The van der Waals surface area contributed by atoms with Crippen molar-refractivity contribution in [2.75, 3.05) is 19.8 Å². The lowest BCUT2D eigenvalue weighted by molar-refractivity contribution is -0.0589. The zero-order valence-electron chi connectivity index (χ0n) is 12.8. The van der Waals surface area contributed by atoms with E-state index in [2.05, 4.69) is 0 Å². The van der Waals surface area contributed by atoms with Crippen LogP contribution < -0.4 is 0 Å². The maximum Gasteiger partial charge on any atom is 0.257 e. The van der Waals surface area contributed by atoms with E-state index in [0.717, 1.165) is 18.4 Å². The second-order valence-corrected chi connectivity index (χ2v) is 6.29. The number of hydrogen-bond acceptors (Lipinski definition) is 3. The average molecular weight is 307 g/mol. The van der Waals surface area contributed by atoms with E-state index in [1.54, 1.807) is 17.0 Å². The number of hydrogen-bond donors (Lipinski definition) is 1. The summed E-state index contributed by atoms with van der Waals surface area (Å²) >= 11 is 0. The number of amides is 1. The van der Waals surface area contributed by atoms with E-state index in [4.69, 9.17) is 4.74 Å². The molecule has 0 saturated carbocycles. The molecular formula is C17H22FNO3. The lowest BCUT2D eigenvalue weighted by Gasteiger charge is -2.37. The van der Waals surface area contributed by atoms with Crippen molar-refractivity contribution in [1.82, 2.24) is 4.90 Å².